The Balaban J connectivity index is 1.93. The van der Waals surface area contributed by atoms with Gasteiger partial charge in [0.25, 0.3) is 0 Å². The third kappa shape index (κ3) is 3.89. The number of hydrogen-bond donors (Lipinski definition) is 3. The minimum absolute atomic E-state index is 0.0223. The van der Waals surface area contributed by atoms with Crippen molar-refractivity contribution in [3.8, 4) is 0 Å². The van der Waals surface area contributed by atoms with Crippen LogP contribution in [0.25, 0.3) is 0 Å². The van der Waals surface area contributed by atoms with Gasteiger partial charge in [-0.2, -0.15) is 0 Å². The van der Waals surface area contributed by atoms with Crippen molar-refractivity contribution in [1.29, 1.82) is 0 Å². The van der Waals surface area contributed by atoms with Crippen LogP contribution in [0.2, 0.25) is 5.02 Å². The zero-order valence-corrected chi connectivity index (χ0v) is 13.3. The van der Waals surface area contributed by atoms with E-state index in [4.69, 9.17) is 11.6 Å². The molecule has 1 aromatic rings. The summed E-state index contributed by atoms with van der Waals surface area (Å²) in [6.07, 6.45) is 2.89. The Morgan fingerprint density at radius 2 is 2.33 bits per heavy atom. The van der Waals surface area contributed by atoms with Crippen LogP contribution in [0, 0.1) is 5.41 Å². The second-order valence-corrected chi connectivity index (χ2v) is 6.59. The summed E-state index contributed by atoms with van der Waals surface area (Å²) in [4.78, 5) is 12.1. The second kappa shape index (κ2) is 6.67. The van der Waals surface area contributed by atoms with E-state index in [9.17, 15) is 9.90 Å². The molecule has 5 heteroatoms. The first-order valence-corrected chi connectivity index (χ1v) is 7.76. The number of carbonyl (C=O) groups is 1. The van der Waals surface area contributed by atoms with E-state index in [1.807, 2.05) is 38.1 Å². The van der Waals surface area contributed by atoms with Crippen molar-refractivity contribution in [3.63, 3.8) is 0 Å². The number of benzene rings is 1. The van der Waals surface area contributed by atoms with Gasteiger partial charge in [-0.1, -0.05) is 37.1 Å². The van der Waals surface area contributed by atoms with Crippen molar-refractivity contribution in [2.45, 2.75) is 45.2 Å². The van der Waals surface area contributed by atoms with E-state index < -0.39 is 0 Å². The molecule has 0 saturated heterocycles. The summed E-state index contributed by atoms with van der Waals surface area (Å²) >= 11 is 5.96. The molecule has 3 N–H and O–H groups in total. The smallest absolute Gasteiger partial charge is 0.315 e. The highest BCUT2D eigenvalue weighted by Crippen LogP contribution is 2.37. The van der Waals surface area contributed by atoms with Crippen LogP contribution in [0.15, 0.2) is 24.3 Å². The molecule has 0 spiro atoms. The van der Waals surface area contributed by atoms with Crippen molar-refractivity contribution in [2.24, 2.45) is 5.41 Å². The minimum atomic E-state index is -0.212. The third-order valence-electron chi connectivity index (χ3n) is 4.44. The lowest BCUT2D eigenvalue weighted by molar-refractivity contribution is 0.121. The molecule has 0 aromatic heterocycles. The Labute approximate surface area is 130 Å². The first-order valence-electron chi connectivity index (χ1n) is 7.38. The van der Waals surface area contributed by atoms with Crippen molar-refractivity contribution in [3.05, 3.63) is 34.9 Å². The third-order valence-corrected chi connectivity index (χ3v) is 4.68. The molecule has 1 aliphatic rings. The molecule has 116 valence electrons. The lowest BCUT2D eigenvalue weighted by Crippen LogP contribution is -2.49. The summed E-state index contributed by atoms with van der Waals surface area (Å²) in [6, 6.07) is 7.16. The maximum atomic E-state index is 12.1. The Bertz CT molecular complexity index is 509. The van der Waals surface area contributed by atoms with Gasteiger partial charge in [0.1, 0.15) is 0 Å². The maximum absolute atomic E-state index is 12.1. The van der Waals surface area contributed by atoms with Crippen molar-refractivity contribution in [1.82, 2.24) is 10.6 Å². The molecule has 3 atom stereocenters. The van der Waals surface area contributed by atoms with Crippen LogP contribution in [-0.4, -0.2) is 23.8 Å². The normalized spacial score (nSPS) is 26.4. The molecule has 4 nitrogen and oxygen atoms in total. The van der Waals surface area contributed by atoms with E-state index in [-0.39, 0.29) is 30.1 Å². The van der Waals surface area contributed by atoms with Gasteiger partial charge in [0.15, 0.2) is 0 Å². The number of aliphatic hydroxyl groups excluding tert-OH is 1. The lowest BCUT2D eigenvalue weighted by Gasteiger charge is -2.30. The van der Waals surface area contributed by atoms with E-state index in [0.717, 1.165) is 24.8 Å². The number of amides is 2. The molecule has 1 aliphatic carbocycles. The van der Waals surface area contributed by atoms with Crippen molar-refractivity contribution >= 4 is 17.6 Å². The molecule has 0 bridgehead atoms. The van der Waals surface area contributed by atoms with Gasteiger partial charge in [-0.05, 0) is 37.5 Å². The van der Waals surface area contributed by atoms with Crippen molar-refractivity contribution < 1.29 is 9.90 Å². The summed E-state index contributed by atoms with van der Waals surface area (Å²) in [5, 5.41) is 16.1. The van der Waals surface area contributed by atoms with Crippen molar-refractivity contribution in [2.75, 3.05) is 6.61 Å². The monoisotopic (exact) mass is 310 g/mol. The second-order valence-electron chi connectivity index (χ2n) is 6.15. The highest BCUT2D eigenvalue weighted by atomic mass is 35.5. The van der Waals surface area contributed by atoms with Crippen LogP contribution in [0.1, 0.15) is 44.7 Å². The first-order chi connectivity index (χ1) is 9.94. The summed E-state index contributed by atoms with van der Waals surface area (Å²) in [7, 11) is 0. The topological polar surface area (TPSA) is 61.4 Å². The highest BCUT2D eigenvalue weighted by Gasteiger charge is 2.39. The fourth-order valence-electron chi connectivity index (χ4n) is 2.92. The molecule has 3 unspecified atom stereocenters. The number of hydrogen-bond acceptors (Lipinski definition) is 2. The van der Waals surface area contributed by atoms with Crippen LogP contribution < -0.4 is 10.6 Å². The molecule has 1 fully saturated rings. The number of aliphatic hydroxyl groups is 1. The average Bonchev–Trinajstić information content (AvgIpc) is 2.80. The molecule has 1 saturated carbocycles. The van der Waals surface area contributed by atoms with E-state index in [2.05, 4.69) is 10.6 Å². The Morgan fingerprint density at radius 3 is 3.00 bits per heavy atom. The fraction of sp³-hybridized carbons (Fsp3) is 0.562. The average molecular weight is 311 g/mol. The largest absolute Gasteiger partial charge is 0.396 e. The Kier molecular flexibility index (Phi) is 5.12. The van der Waals surface area contributed by atoms with E-state index >= 15 is 0 Å². The molecule has 2 rings (SSSR count). The molecule has 2 amide bonds. The highest BCUT2D eigenvalue weighted by molar-refractivity contribution is 6.30. The van der Waals surface area contributed by atoms with Gasteiger partial charge < -0.3 is 15.7 Å². The zero-order chi connectivity index (χ0) is 15.5. The van der Waals surface area contributed by atoms with Gasteiger partial charge in [-0.25, -0.2) is 4.79 Å². The summed E-state index contributed by atoms with van der Waals surface area (Å²) in [5.74, 6) is 0. The number of nitrogens with one attached hydrogen (secondary N) is 2. The summed E-state index contributed by atoms with van der Waals surface area (Å²) in [6.45, 7) is 4.04. The van der Waals surface area contributed by atoms with Gasteiger partial charge in [0, 0.05) is 16.5 Å². The number of rotatable bonds is 4. The zero-order valence-electron chi connectivity index (χ0n) is 12.5. The van der Waals surface area contributed by atoms with E-state index in [1.54, 1.807) is 0 Å². The standard InChI is InChI=1S/C16H23ClN2O2/c1-11(12-5-3-6-13(17)9-12)18-15(21)19-14-7-4-8-16(14,2)10-20/h3,5-6,9,11,14,20H,4,7-8,10H2,1-2H3,(H2,18,19,21). The van der Waals surface area contributed by atoms with Gasteiger partial charge in [-0.15, -0.1) is 0 Å². The molecule has 1 aromatic carbocycles. The van der Waals surface area contributed by atoms with Gasteiger partial charge in [0.05, 0.1) is 12.6 Å². The van der Waals surface area contributed by atoms with Gasteiger partial charge in [-0.3, -0.25) is 0 Å². The molecular formula is C16H23ClN2O2. The summed E-state index contributed by atoms with van der Waals surface area (Å²) < 4.78 is 0. The van der Waals surface area contributed by atoms with Crippen LogP contribution in [0.4, 0.5) is 4.79 Å². The lowest BCUT2D eigenvalue weighted by atomic mass is 9.86. The summed E-state index contributed by atoms with van der Waals surface area (Å²) in [5.41, 5.74) is 0.755. The minimum Gasteiger partial charge on any atom is -0.396 e. The number of carbonyl (C=O) groups excluding carboxylic acids is 1. The van der Waals surface area contributed by atoms with Gasteiger partial charge in [0.2, 0.25) is 0 Å². The van der Waals surface area contributed by atoms with E-state index in [1.165, 1.54) is 0 Å². The molecular weight excluding hydrogens is 288 g/mol. The molecule has 0 heterocycles. The van der Waals surface area contributed by atoms with Crippen LogP contribution >= 0.6 is 11.6 Å². The number of halogens is 1. The Morgan fingerprint density at radius 1 is 1.57 bits per heavy atom. The van der Waals surface area contributed by atoms with Crippen LogP contribution in [0.5, 0.6) is 0 Å². The Hall–Kier alpha value is -1.26. The quantitative estimate of drug-likeness (QED) is 0.799. The SMILES string of the molecule is CC(NC(=O)NC1CCCC1(C)CO)c1cccc(Cl)c1. The molecule has 0 aliphatic heterocycles. The predicted octanol–water partition coefficient (Wildman–Crippen LogP) is 3.25. The van der Waals surface area contributed by atoms with Crippen LogP contribution in [0.3, 0.4) is 0 Å². The molecule has 21 heavy (non-hydrogen) atoms. The first kappa shape index (κ1) is 16.1. The van der Waals surface area contributed by atoms with Crippen LogP contribution in [-0.2, 0) is 0 Å². The number of urea groups is 1. The van der Waals surface area contributed by atoms with Gasteiger partial charge >= 0.3 is 6.03 Å². The molecule has 0 radical (unpaired) electrons. The predicted molar refractivity (Wildman–Crippen MR) is 84.4 cm³/mol. The fourth-order valence-corrected chi connectivity index (χ4v) is 3.12. The van der Waals surface area contributed by atoms with E-state index in [0.29, 0.717) is 5.02 Å². The maximum Gasteiger partial charge on any atom is 0.315 e.